The first-order chi connectivity index (χ1) is 13.4. The van der Waals surface area contributed by atoms with Gasteiger partial charge in [-0.3, -0.25) is 9.79 Å². The molecule has 6 nitrogen and oxygen atoms in total. The molecule has 0 spiro atoms. The lowest BCUT2D eigenvalue weighted by atomic mass is 10.1. The number of carbonyl (C=O) groups excluding carboxylic acids is 1. The summed E-state index contributed by atoms with van der Waals surface area (Å²) in [5.41, 5.74) is 0.656. The second-order valence-electron chi connectivity index (χ2n) is 5.72. The van der Waals surface area contributed by atoms with E-state index in [2.05, 4.69) is 20.9 Å². The van der Waals surface area contributed by atoms with Crippen molar-refractivity contribution in [1.82, 2.24) is 10.6 Å². The Balaban J connectivity index is 0.00000420. The number of nitrogens with one attached hydrogen (secondary N) is 3. The fourth-order valence-electron chi connectivity index (χ4n) is 2.32. The number of methoxy groups -OCH3 is 1. The number of amides is 1. The number of hydrogen-bond acceptors (Lipinski definition) is 3. The fraction of sp³-hybridized carbons (Fsp3) is 0.263. The first-order valence-corrected chi connectivity index (χ1v) is 8.45. The van der Waals surface area contributed by atoms with Crippen molar-refractivity contribution in [2.24, 2.45) is 4.99 Å². The molecule has 0 atom stereocenters. The van der Waals surface area contributed by atoms with Crippen LogP contribution in [0.25, 0.3) is 0 Å². The third-order valence-electron chi connectivity index (χ3n) is 3.81. The van der Waals surface area contributed by atoms with Gasteiger partial charge in [-0.15, -0.1) is 24.0 Å². The Bertz CT molecular complexity index is 848. The predicted octanol–water partition coefficient (Wildman–Crippen LogP) is 3.08. The van der Waals surface area contributed by atoms with Crippen LogP contribution in [0.4, 0.5) is 18.9 Å². The van der Waals surface area contributed by atoms with Crippen LogP contribution in [-0.2, 0) is 11.2 Å². The van der Waals surface area contributed by atoms with Crippen molar-refractivity contribution in [2.45, 2.75) is 6.42 Å². The van der Waals surface area contributed by atoms with E-state index in [4.69, 9.17) is 4.74 Å². The van der Waals surface area contributed by atoms with Gasteiger partial charge in [0.1, 0.15) is 5.75 Å². The highest BCUT2D eigenvalue weighted by molar-refractivity contribution is 14.0. The molecule has 0 saturated heterocycles. The molecule has 0 aliphatic heterocycles. The second-order valence-corrected chi connectivity index (χ2v) is 5.72. The van der Waals surface area contributed by atoms with Crippen molar-refractivity contribution in [2.75, 3.05) is 32.6 Å². The van der Waals surface area contributed by atoms with Crippen LogP contribution in [0.5, 0.6) is 5.75 Å². The predicted molar refractivity (Wildman–Crippen MR) is 116 cm³/mol. The minimum Gasteiger partial charge on any atom is -0.497 e. The van der Waals surface area contributed by atoms with Crippen LogP contribution in [0.15, 0.2) is 41.4 Å². The molecule has 0 fully saturated rings. The van der Waals surface area contributed by atoms with Crippen LogP contribution in [0.3, 0.4) is 0 Å². The number of hydrogen-bond donors (Lipinski definition) is 3. The molecule has 3 N–H and O–H groups in total. The largest absolute Gasteiger partial charge is 0.497 e. The zero-order chi connectivity index (χ0) is 20.5. The summed E-state index contributed by atoms with van der Waals surface area (Å²) in [7, 11) is 3.14. The van der Waals surface area contributed by atoms with E-state index >= 15 is 0 Å². The smallest absolute Gasteiger partial charge is 0.243 e. The van der Waals surface area contributed by atoms with E-state index in [0.29, 0.717) is 12.5 Å². The number of rotatable bonds is 7. The number of halogens is 4. The highest BCUT2D eigenvalue weighted by Gasteiger charge is 2.15. The standard InChI is InChI=1S/C19H21F3N4O2.HI/c1-23-19(24-10-9-12-3-5-13(28-2)6-4-12)25-11-16(27)26-15-8-7-14(20)17(21)18(15)22;/h3-8H,9-11H2,1-2H3,(H,26,27)(H2,23,24,25);1H. The minimum absolute atomic E-state index is 0. The summed E-state index contributed by atoms with van der Waals surface area (Å²) in [6.45, 7) is 0.325. The van der Waals surface area contributed by atoms with Crippen LogP contribution in [0.2, 0.25) is 0 Å². The zero-order valence-corrected chi connectivity index (χ0v) is 18.2. The van der Waals surface area contributed by atoms with Crippen molar-refractivity contribution in [3.8, 4) is 5.75 Å². The lowest BCUT2D eigenvalue weighted by Crippen LogP contribution is -2.42. The average Bonchev–Trinajstić information content (AvgIpc) is 2.71. The molecule has 2 rings (SSSR count). The van der Waals surface area contributed by atoms with E-state index < -0.39 is 29.0 Å². The summed E-state index contributed by atoms with van der Waals surface area (Å²) in [5.74, 6) is -3.90. The summed E-state index contributed by atoms with van der Waals surface area (Å²) in [5, 5.41) is 7.97. The number of aliphatic imine (C=N–C) groups is 1. The molecule has 0 bridgehead atoms. The lowest BCUT2D eigenvalue weighted by molar-refractivity contribution is -0.115. The van der Waals surface area contributed by atoms with Gasteiger partial charge in [-0.25, -0.2) is 13.2 Å². The summed E-state index contributed by atoms with van der Waals surface area (Å²) >= 11 is 0. The van der Waals surface area contributed by atoms with Crippen molar-refractivity contribution in [3.05, 3.63) is 59.4 Å². The van der Waals surface area contributed by atoms with Gasteiger partial charge in [0.05, 0.1) is 19.3 Å². The SMILES string of the molecule is CN=C(NCCc1ccc(OC)cc1)NCC(=O)Nc1ccc(F)c(F)c1F.I. The normalized spacial score (nSPS) is 10.7. The number of benzene rings is 2. The Morgan fingerprint density at radius 1 is 1.03 bits per heavy atom. The van der Waals surface area contributed by atoms with Crippen LogP contribution in [0.1, 0.15) is 5.56 Å². The fourth-order valence-corrected chi connectivity index (χ4v) is 2.32. The highest BCUT2D eigenvalue weighted by Crippen LogP contribution is 2.19. The summed E-state index contributed by atoms with van der Waals surface area (Å²) < 4.78 is 44.8. The van der Waals surface area contributed by atoms with Crippen molar-refractivity contribution in [1.29, 1.82) is 0 Å². The van der Waals surface area contributed by atoms with Gasteiger partial charge in [-0.1, -0.05) is 12.1 Å². The Morgan fingerprint density at radius 2 is 1.72 bits per heavy atom. The van der Waals surface area contributed by atoms with Gasteiger partial charge in [-0.2, -0.15) is 0 Å². The Kier molecular flexibility index (Phi) is 10.3. The first-order valence-electron chi connectivity index (χ1n) is 8.45. The molecule has 2 aromatic carbocycles. The van der Waals surface area contributed by atoms with Crippen molar-refractivity contribution < 1.29 is 22.7 Å². The van der Waals surface area contributed by atoms with Gasteiger partial charge in [0.25, 0.3) is 0 Å². The van der Waals surface area contributed by atoms with E-state index in [1.54, 1.807) is 7.11 Å². The summed E-state index contributed by atoms with van der Waals surface area (Å²) in [6, 6.07) is 9.31. The van der Waals surface area contributed by atoms with Gasteiger partial charge >= 0.3 is 0 Å². The van der Waals surface area contributed by atoms with Gasteiger partial charge < -0.3 is 20.7 Å². The molecular weight excluding hydrogens is 500 g/mol. The molecule has 0 unspecified atom stereocenters. The van der Waals surface area contributed by atoms with E-state index in [0.717, 1.165) is 29.9 Å². The topological polar surface area (TPSA) is 74.8 Å². The van der Waals surface area contributed by atoms with Gasteiger partial charge in [0.15, 0.2) is 23.4 Å². The molecule has 0 aliphatic rings. The maximum atomic E-state index is 13.6. The molecule has 0 aliphatic carbocycles. The average molecular weight is 522 g/mol. The van der Waals surface area contributed by atoms with Crippen LogP contribution < -0.4 is 20.7 Å². The van der Waals surface area contributed by atoms with E-state index in [9.17, 15) is 18.0 Å². The lowest BCUT2D eigenvalue weighted by Gasteiger charge is -2.12. The molecule has 158 valence electrons. The van der Waals surface area contributed by atoms with E-state index in [1.165, 1.54) is 7.05 Å². The maximum Gasteiger partial charge on any atom is 0.243 e. The van der Waals surface area contributed by atoms with Crippen LogP contribution in [0, 0.1) is 17.5 Å². The first kappa shape index (κ1) is 24.5. The molecule has 0 saturated carbocycles. The van der Waals surface area contributed by atoms with E-state index in [1.807, 2.05) is 24.3 Å². The maximum absolute atomic E-state index is 13.6. The van der Waals surface area contributed by atoms with E-state index in [-0.39, 0.29) is 30.5 Å². The van der Waals surface area contributed by atoms with Gasteiger partial charge in [0, 0.05) is 13.6 Å². The second kappa shape index (κ2) is 12.1. The number of nitrogens with zero attached hydrogens (tertiary/aromatic N) is 1. The molecular formula is C19H22F3IN4O2. The number of carbonyl (C=O) groups is 1. The molecule has 29 heavy (non-hydrogen) atoms. The van der Waals surface area contributed by atoms with Crippen molar-refractivity contribution in [3.63, 3.8) is 0 Å². The molecule has 0 radical (unpaired) electrons. The summed E-state index contributed by atoms with van der Waals surface area (Å²) in [4.78, 5) is 15.9. The molecule has 1 amide bonds. The number of anilines is 1. The Hall–Kier alpha value is -2.50. The molecule has 10 heteroatoms. The molecule has 0 aromatic heterocycles. The van der Waals surface area contributed by atoms with Gasteiger partial charge in [-0.05, 0) is 36.2 Å². The highest BCUT2D eigenvalue weighted by atomic mass is 127. The molecule has 2 aromatic rings. The Morgan fingerprint density at radius 3 is 2.34 bits per heavy atom. The minimum atomic E-state index is -1.64. The zero-order valence-electron chi connectivity index (χ0n) is 15.9. The Labute approximate surface area is 184 Å². The van der Waals surface area contributed by atoms with Crippen LogP contribution >= 0.6 is 24.0 Å². The third kappa shape index (κ3) is 7.44. The van der Waals surface area contributed by atoms with Gasteiger partial charge in [0.2, 0.25) is 5.91 Å². The monoisotopic (exact) mass is 522 g/mol. The molecule has 0 heterocycles. The number of guanidine groups is 1. The number of ether oxygens (including phenoxy) is 1. The summed E-state index contributed by atoms with van der Waals surface area (Å²) in [6.07, 6.45) is 0.719. The van der Waals surface area contributed by atoms with Crippen LogP contribution in [-0.4, -0.2) is 39.1 Å². The van der Waals surface area contributed by atoms with Crippen molar-refractivity contribution >= 4 is 41.5 Å². The third-order valence-corrected chi connectivity index (χ3v) is 3.81. The quantitative estimate of drug-likeness (QED) is 0.226.